The van der Waals surface area contributed by atoms with E-state index in [9.17, 15) is 27.9 Å². The lowest BCUT2D eigenvalue weighted by molar-refractivity contribution is -0.141. The summed E-state index contributed by atoms with van der Waals surface area (Å²) in [4.78, 5) is 65.0. The minimum absolute atomic E-state index is 0.0100. The molecule has 3 aromatic heterocycles. The fourth-order valence-corrected chi connectivity index (χ4v) is 12.0. The van der Waals surface area contributed by atoms with Crippen LogP contribution in [0, 0.1) is 41.9 Å². The number of halogens is 5. The first-order valence-electron chi connectivity index (χ1n) is 19.7. The van der Waals surface area contributed by atoms with Gasteiger partial charge in [0, 0.05) is 47.8 Å². The van der Waals surface area contributed by atoms with Gasteiger partial charge in [-0.3, -0.25) is 28.9 Å². The maximum atomic E-state index is 15.3. The molecule has 3 aliphatic heterocycles. The average Bonchev–Trinajstić information content (AvgIpc) is 3.90. The SMILES string of the molecule is Cc1c(-c2cc(N3C(=O)[C@@H]4C[C@@H]5C(=CC[C@@H]6C(=O)N(N(C)c7nc(C(F)(F)F)ccc7Cl)C(=O)[C@@H]65)[C@H](C5=COc6ccc(O)cc6C5)[C@]4(C)C3=O)n(C)n2)sc2ccc(Cl)cc12. The molecule has 3 fully saturated rings. The zero-order valence-electron chi connectivity index (χ0n) is 33.3. The van der Waals surface area contributed by atoms with Crippen LogP contribution in [0.1, 0.15) is 36.6 Å². The van der Waals surface area contributed by atoms with E-state index in [1.165, 1.54) is 34.0 Å². The van der Waals surface area contributed by atoms with Gasteiger partial charge in [0.05, 0.1) is 39.3 Å². The first-order chi connectivity index (χ1) is 29.4. The highest BCUT2D eigenvalue weighted by atomic mass is 35.5. The lowest BCUT2D eigenvalue weighted by atomic mass is 9.51. The van der Waals surface area contributed by atoms with E-state index in [0.717, 1.165) is 36.6 Å². The third-order valence-electron chi connectivity index (χ3n) is 13.3. The number of ether oxygens (including phenoxy) is 1. The summed E-state index contributed by atoms with van der Waals surface area (Å²) in [5.41, 5.74) is 0.788. The Labute approximate surface area is 365 Å². The molecular weight excluding hydrogens is 868 g/mol. The van der Waals surface area contributed by atoms with Crippen molar-refractivity contribution in [3.8, 4) is 22.1 Å². The number of hydrogen-bond acceptors (Lipinski definition) is 10. The molecular formula is C44H35Cl2F3N6O6S. The van der Waals surface area contributed by atoms with Crippen molar-refractivity contribution >= 4 is 79.9 Å². The number of thiophene rings is 1. The Hall–Kier alpha value is -5.71. The van der Waals surface area contributed by atoms with Gasteiger partial charge in [-0.1, -0.05) is 34.9 Å². The number of pyridine rings is 1. The van der Waals surface area contributed by atoms with Gasteiger partial charge in [-0.25, -0.2) is 9.88 Å². The van der Waals surface area contributed by atoms with Crippen molar-refractivity contribution in [2.75, 3.05) is 17.0 Å². The molecule has 2 aromatic carbocycles. The molecule has 0 spiro atoms. The number of fused-ring (bicyclic) bond motifs is 6. The van der Waals surface area contributed by atoms with E-state index in [0.29, 0.717) is 39.2 Å². The number of rotatable bonds is 5. The molecule has 6 heterocycles. The zero-order valence-corrected chi connectivity index (χ0v) is 35.7. The Bertz CT molecular complexity index is 2910. The molecule has 5 aliphatic rings. The number of phenols is 1. The van der Waals surface area contributed by atoms with E-state index in [-0.39, 0.29) is 35.9 Å². The maximum absolute atomic E-state index is 15.3. The van der Waals surface area contributed by atoms with Crippen molar-refractivity contribution in [1.82, 2.24) is 19.8 Å². The van der Waals surface area contributed by atoms with Crippen LogP contribution in [0.5, 0.6) is 11.5 Å². The number of allylic oxidation sites excluding steroid dienone is 3. The summed E-state index contributed by atoms with van der Waals surface area (Å²) in [5, 5.41) is 18.3. The molecule has 6 atom stereocenters. The second kappa shape index (κ2) is 13.9. The number of aromatic hydroxyl groups is 1. The largest absolute Gasteiger partial charge is 0.508 e. The van der Waals surface area contributed by atoms with Crippen LogP contribution in [0.25, 0.3) is 20.7 Å². The van der Waals surface area contributed by atoms with E-state index in [1.54, 1.807) is 38.4 Å². The molecule has 5 aromatic rings. The molecule has 4 amide bonds. The number of benzene rings is 2. The second-order valence-electron chi connectivity index (χ2n) is 16.7. The summed E-state index contributed by atoms with van der Waals surface area (Å²) in [6.45, 7) is 3.72. The van der Waals surface area contributed by atoms with Gasteiger partial charge in [-0.2, -0.15) is 23.3 Å². The van der Waals surface area contributed by atoms with Crippen LogP contribution < -0.4 is 14.6 Å². The zero-order chi connectivity index (χ0) is 43.9. The van der Waals surface area contributed by atoms with Gasteiger partial charge in [0.1, 0.15) is 28.7 Å². The van der Waals surface area contributed by atoms with Crippen molar-refractivity contribution in [2.24, 2.45) is 42.1 Å². The molecule has 2 aliphatic carbocycles. The van der Waals surface area contributed by atoms with Crippen molar-refractivity contribution in [3.05, 3.63) is 105 Å². The molecule has 0 unspecified atom stereocenters. The lowest BCUT2D eigenvalue weighted by Gasteiger charge is -2.49. The standard InChI is InChI=1S/C44H35Cl2F3N6O6S/c1-19-26-15-22(45)5-11-32(26)62-37(19)30-17-34(52(3)51-30)54-40(58)28-16-27-24(36(43(28,2)42(54)60)21-13-20-14-23(56)6-10-31(20)61-18-21)7-8-25-35(27)41(59)55(39(25)57)53(4)38-29(46)9-12-33(50-38)44(47,48)49/h5-7,9-12,14-15,17-18,25,27-28,35-36,56H,8,13,16H2,1-4H3/t25-,27+,28-,35-,36-,43+/m0/s1. The summed E-state index contributed by atoms with van der Waals surface area (Å²) in [7, 11) is 2.91. The summed E-state index contributed by atoms with van der Waals surface area (Å²) in [5.74, 6) is -6.49. The number of carbonyl (C=O) groups is 4. The average molecular weight is 904 g/mol. The van der Waals surface area contributed by atoms with Gasteiger partial charge in [0.15, 0.2) is 5.82 Å². The predicted molar refractivity (Wildman–Crippen MR) is 224 cm³/mol. The van der Waals surface area contributed by atoms with E-state index < -0.39 is 76.3 Å². The molecule has 0 radical (unpaired) electrons. The van der Waals surface area contributed by atoms with E-state index in [4.69, 9.17) is 33.0 Å². The van der Waals surface area contributed by atoms with E-state index in [2.05, 4.69) is 4.98 Å². The highest BCUT2D eigenvalue weighted by molar-refractivity contribution is 7.22. The molecule has 1 saturated carbocycles. The molecule has 62 heavy (non-hydrogen) atoms. The van der Waals surface area contributed by atoms with Gasteiger partial charge >= 0.3 is 6.18 Å². The number of alkyl halides is 3. The first-order valence-corrected chi connectivity index (χ1v) is 21.3. The molecule has 0 bridgehead atoms. The molecule has 1 N–H and O–H groups in total. The third-order valence-corrected chi connectivity index (χ3v) is 15.2. The number of nitrogens with zero attached hydrogens (tertiary/aromatic N) is 6. The quantitative estimate of drug-likeness (QED) is 0.136. The van der Waals surface area contributed by atoms with Crippen LogP contribution in [0.4, 0.5) is 24.8 Å². The van der Waals surface area contributed by atoms with E-state index in [1.807, 2.05) is 31.2 Å². The minimum atomic E-state index is -4.82. The summed E-state index contributed by atoms with van der Waals surface area (Å²) in [6, 6.07) is 13.8. The van der Waals surface area contributed by atoms with Crippen molar-refractivity contribution in [1.29, 1.82) is 0 Å². The molecule has 12 nitrogen and oxygen atoms in total. The third kappa shape index (κ3) is 5.78. The molecule has 10 rings (SSSR count). The van der Waals surface area contributed by atoms with Crippen LogP contribution in [-0.2, 0) is 38.8 Å². The van der Waals surface area contributed by atoms with Gasteiger partial charge in [0.2, 0.25) is 11.8 Å². The lowest BCUT2D eigenvalue weighted by Crippen LogP contribution is -2.51. The van der Waals surface area contributed by atoms with Gasteiger partial charge in [-0.05, 0) is 97.7 Å². The Balaban J connectivity index is 1.06. The number of imide groups is 2. The van der Waals surface area contributed by atoms with Crippen molar-refractivity contribution < 1.29 is 42.2 Å². The Morgan fingerprint density at radius 1 is 1.00 bits per heavy atom. The maximum Gasteiger partial charge on any atom is 0.433 e. The predicted octanol–water partition coefficient (Wildman–Crippen LogP) is 8.67. The summed E-state index contributed by atoms with van der Waals surface area (Å²) >= 11 is 14.2. The van der Waals surface area contributed by atoms with Crippen LogP contribution >= 0.6 is 34.5 Å². The number of amides is 4. The second-order valence-corrected chi connectivity index (χ2v) is 18.6. The number of hydrazine groups is 1. The molecule has 318 valence electrons. The van der Waals surface area contributed by atoms with Crippen LogP contribution in [0.3, 0.4) is 0 Å². The van der Waals surface area contributed by atoms with E-state index >= 15 is 9.59 Å². The van der Waals surface area contributed by atoms with Crippen LogP contribution in [0.2, 0.25) is 10.0 Å². The minimum Gasteiger partial charge on any atom is -0.508 e. The van der Waals surface area contributed by atoms with Crippen molar-refractivity contribution in [2.45, 2.75) is 39.3 Å². The summed E-state index contributed by atoms with van der Waals surface area (Å²) in [6.07, 6.45) is -1.07. The van der Waals surface area contributed by atoms with Crippen molar-refractivity contribution in [3.63, 3.8) is 0 Å². The topological polar surface area (TPSA) is 138 Å². The number of aryl methyl sites for hydroxylation is 2. The van der Waals surface area contributed by atoms with Gasteiger partial charge in [0.25, 0.3) is 11.8 Å². The highest BCUT2D eigenvalue weighted by Gasteiger charge is 2.68. The fraction of sp³-hybridized carbons (Fsp3) is 0.318. The number of aromatic nitrogens is 3. The Morgan fingerprint density at radius 2 is 1.77 bits per heavy atom. The number of carbonyl (C=O) groups excluding carboxylic acids is 4. The molecule has 2 saturated heterocycles. The van der Waals surface area contributed by atoms with Gasteiger partial charge in [-0.15, -0.1) is 11.3 Å². The number of hydrogen-bond donors (Lipinski definition) is 1. The Kier molecular flexibility index (Phi) is 9.05. The van der Waals surface area contributed by atoms with Gasteiger partial charge < -0.3 is 9.84 Å². The smallest absolute Gasteiger partial charge is 0.433 e. The monoisotopic (exact) mass is 902 g/mol. The normalized spacial score (nSPS) is 25.7. The van der Waals surface area contributed by atoms with Crippen LogP contribution in [-0.4, -0.2) is 55.6 Å². The molecule has 18 heteroatoms. The first kappa shape index (κ1) is 40.4. The highest BCUT2D eigenvalue weighted by Crippen LogP contribution is 2.63. The summed E-state index contributed by atoms with van der Waals surface area (Å²) < 4.78 is 49.8. The fourth-order valence-electron chi connectivity index (χ4n) is 10.5. The Morgan fingerprint density at radius 3 is 2.53 bits per heavy atom. The number of phenolic OH excluding ortho intramolecular Hbond substituents is 1. The number of anilines is 2. The van der Waals surface area contributed by atoms with Crippen LogP contribution in [0.15, 0.2) is 78.1 Å².